The van der Waals surface area contributed by atoms with E-state index in [0.29, 0.717) is 0 Å². The maximum absolute atomic E-state index is 3.00. The largest absolute Gasteiger partial charge is 0.358 e. The smallest absolute Gasteiger partial charge is 0.0124 e. The molecule has 4 rings (SSSR count). The second-order valence-electron chi connectivity index (χ2n) is 4.31. The summed E-state index contributed by atoms with van der Waals surface area (Å²) < 4.78 is 0. The molecular formula is C21H21Ti-. The number of hydrogen-bond acceptors (Lipinski definition) is 0. The van der Waals surface area contributed by atoms with Crippen LogP contribution in [0.2, 0.25) is 0 Å². The second kappa shape index (κ2) is 12.1. The maximum Gasteiger partial charge on any atom is 0.0124 e. The maximum atomic E-state index is 3.00. The minimum absolute atomic E-state index is 0. The minimum atomic E-state index is 0. The summed E-state index contributed by atoms with van der Waals surface area (Å²) in [5.74, 6) is 5.32. The molecule has 22 heavy (non-hydrogen) atoms. The van der Waals surface area contributed by atoms with E-state index >= 15 is 0 Å². The van der Waals surface area contributed by atoms with Gasteiger partial charge in [-0.3, -0.25) is 0 Å². The summed E-state index contributed by atoms with van der Waals surface area (Å²) in [5.41, 5.74) is 0. The van der Waals surface area contributed by atoms with Gasteiger partial charge in [0.05, 0.1) is 0 Å². The van der Waals surface area contributed by atoms with Crippen molar-refractivity contribution in [2.45, 2.75) is 0 Å². The molecule has 0 spiro atoms. The molecule has 4 aliphatic carbocycles. The average Bonchev–Trinajstić information content (AvgIpc) is 3.18. The molecule has 0 nitrogen and oxygen atoms in total. The summed E-state index contributed by atoms with van der Waals surface area (Å²) in [7, 11) is 0. The van der Waals surface area contributed by atoms with Crippen LogP contribution < -0.4 is 0 Å². The second-order valence-corrected chi connectivity index (χ2v) is 4.31. The summed E-state index contributed by atoms with van der Waals surface area (Å²) in [4.78, 5) is 0. The topological polar surface area (TPSA) is 0 Å². The summed E-state index contributed by atoms with van der Waals surface area (Å²) in [6.07, 6.45) is 29.3. The third kappa shape index (κ3) is 6.05. The molecular weight excluding hydrogens is 300 g/mol. The Kier molecular flexibility index (Phi) is 12.0. The van der Waals surface area contributed by atoms with Gasteiger partial charge in [0.2, 0.25) is 0 Å². The van der Waals surface area contributed by atoms with Crippen molar-refractivity contribution in [3.8, 4) is 0 Å². The van der Waals surface area contributed by atoms with Crippen molar-refractivity contribution in [1.82, 2.24) is 0 Å². The van der Waals surface area contributed by atoms with Gasteiger partial charge in [-0.05, 0) is 38.5 Å². The fourth-order valence-electron chi connectivity index (χ4n) is 2.14. The first-order valence-electron chi connectivity index (χ1n) is 6.64. The van der Waals surface area contributed by atoms with E-state index in [9.17, 15) is 0 Å². The zero-order chi connectivity index (χ0) is 14.2. The SMILES string of the molecule is [CH2][CH2].[CH3-].[CH]1[CH][C]2C=CC=C[C]2[CH]1.[CH]1[CH][C]2C=CC=C[C]2[CH]1.[Ti]. The van der Waals surface area contributed by atoms with Crippen LogP contribution in [0.25, 0.3) is 0 Å². The van der Waals surface area contributed by atoms with Gasteiger partial charge in [0, 0.05) is 45.4 Å². The van der Waals surface area contributed by atoms with E-state index in [2.05, 4.69) is 101 Å². The molecule has 0 amide bonds. The molecule has 0 heterocycles. The van der Waals surface area contributed by atoms with Crippen LogP contribution in [-0.4, -0.2) is 0 Å². The van der Waals surface area contributed by atoms with Crippen molar-refractivity contribution < 1.29 is 21.7 Å². The van der Waals surface area contributed by atoms with Gasteiger partial charge in [0.25, 0.3) is 0 Å². The Hall–Kier alpha value is -0.326. The standard InChI is InChI=1S/2C9H7.C2H4.CH3.Ti/c2*1-2-5-9-7-3-6-8(9)4-1;1-2;;/h2*1-7H;1-2H2;1H3;/q;;;-1;. The minimum Gasteiger partial charge on any atom is -0.358 e. The van der Waals surface area contributed by atoms with Crippen LogP contribution in [-0.2, 0) is 21.7 Å². The van der Waals surface area contributed by atoms with E-state index in [0.717, 1.165) is 0 Å². The van der Waals surface area contributed by atoms with E-state index in [-0.39, 0.29) is 29.1 Å². The summed E-state index contributed by atoms with van der Waals surface area (Å²) in [5, 5.41) is 0. The van der Waals surface area contributed by atoms with E-state index in [1.807, 2.05) is 0 Å². The average molecular weight is 321 g/mol. The molecule has 4 aliphatic rings. The number of hydrogen-bond donors (Lipinski definition) is 0. The quantitative estimate of drug-likeness (QED) is 0.441. The van der Waals surface area contributed by atoms with Crippen LogP contribution >= 0.6 is 0 Å². The molecule has 110 valence electrons. The Morgan fingerprint density at radius 1 is 0.500 bits per heavy atom. The molecule has 0 bridgehead atoms. The Balaban J connectivity index is 0.000000334. The molecule has 1 heteroatoms. The van der Waals surface area contributed by atoms with Crippen LogP contribution in [0.1, 0.15) is 0 Å². The molecule has 0 unspecified atom stereocenters. The van der Waals surface area contributed by atoms with Crippen molar-refractivity contribution >= 4 is 0 Å². The van der Waals surface area contributed by atoms with Crippen molar-refractivity contribution in [2.75, 3.05) is 0 Å². The predicted octanol–water partition coefficient (Wildman–Crippen LogP) is 4.88. The fourth-order valence-corrected chi connectivity index (χ4v) is 2.14. The molecule has 0 N–H and O–H groups in total. The van der Waals surface area contributed by atoms with Gasteiger partial charge in [0.1, 0.15) is 0 Å². The summed E-state index contributed by atoms with van der Waals surface area (Å²) in [6, 6.07) is 0. The Labute approximate surface area is 153 Å². The predicted molar refractivity (Wildman–Crippen MR) is 92.5 cm³/mol. The third-order valence-electron chi connectivity index (χ3n) is 3.10. The summed E-state index contributed by atoms with van der Waals surface area (Å²) in [6.45, 7) is 6.00. The Morgan fingerprint density at radius 3 is 0.955 bits per heavy atom. The van der Waals surface area contributed by atoms with Crippen LogP contribution in [0.15, 0.2) is 48.6 Å². The molecule has 2 fully saturated rings. The number of rotatable bonds is 0. The van der Waals surface area contributed by atoms with Crippen LogP contribution in [0.3, 0.4) is 0 Å². The van der Waals surface area contributed by atoms with Crippen molar-refractivity contribution in [1.29, 1.82) is 0 Å². The molecule has 0 atom stereocenters. The zero-order valence-electron chi connectivity index (χ0n) is 13.0. The summed E-state index contributed by atoms with van der Waals surface area (Å²) >= 11 is 0. The Morgan fingerprint density at radius 2 is 0.727 bits per heavy atom. The van der Waals surface area contributed by atoms with Crippen molar-refractivity contribution in [3.63, 3.8) is 0 Å². The normalized spacial score (nSPS) is 22.5. The van der Waals surface area contributed by atoms with Gasteiger partial charge in [-0.1, -0.05) is 62.5 Å². The van der Waals surface area contributed by atoms with Gasteiger partial charge in [0.15, 0.2) is 0 Å². The van der Waals surface area contributed by atoms with Gasteiger partial charge in [-0.15, -0.1) is 0 Å². The monoisotopic (exact) mass is 321 g/mol. The molecule has 0 saturated heterocycles. The molecule has 2 saturated carbocycles. The Bertz CT molecular complexity index is 315. The molecule has 0 aliphatic heterocycles. The van der Waals surface area contributed by atoms with Crippen LogP contribution in [0, 0.1) is 83.5 Å². The van der Waals surface area contributed by atoms with E-state index in [1.54, 1.807) is 0 Å². The van der Waals surface area contributed by atoms with Gasteiger partial charge in [-0.25, -0.2) is 0 Å². The van der Waals surface area contributed by atoms with Crippen LogP contribution in [0.4, 0.5) is 0 Å². The van der Waals surface area contributed by atoms with Crippen molar-refractivity contribution in [3.05, 3.63) is 132 Å². The van der Waals surface area contributed by atoms with E-state index in [4.69, 9.17) is 0 Å². The van der Waals surface area contributed by atoms with Gasteiger partial charge in [-0.2, -0.15) is 0 Å². The van der Waals surface area contributed by atoms with E-state index in [1.165, 1.54) is 23.7 Å². The third-order valence-corrected chi connectivity index (χ3v) is 3.10. The van der Waals surface area contributed by atoms with Crippen molar-refractivity contribution in [2.24, 2.45) is 0 Å². The first-order chi connectivity index (χ1) is 9.93. The fraction of sp³-hybridized carbons (Fsp3) is 0. The zero-order valence-corrected chi connectivity index (χ0v) is 14.6. The number of fused-ring (bicyclic) bond motifs is 2. The molecule has 12 radical (unpaired) electrons. The van der Waals surface area contributed by atoms with Gasteiger partial charge < -0.3 is 7.43 Å². The first kappa shape index (κ1) is 21.7. The number of allylic oxidation sites excluding steroid dienone is 8. The molecule has 0 aromatic rings. The molecule has 0 aromatic heterocycles. The molecule has 0 aromatic carbocycles. The van der Waals surface area contributed by atoms with Gasteiger partial charge >= 0.3 is 0 Å². The van der Waals surface area contributed by atoms with E-state index < -0.39 is 0 Å². The first-order valence-corrected chi connectivity index (χ1v) is 6.64. The van der Waals surface area contributed by atoms with Crippen LogP contribution in [0.5, 0.6) is 0 Å².